The summed E-state index contributed by atoms with van der Waals surface area (Å²) >= 11 is 0. The summed E-state index contributed by atoms with van der Waals surface area (Å²) in [6.07, 6.45) is -2.76. The Morgan fingerprint density at radius 3 is 2.52 bits per heavy atom. The van der Waals surface area contributed by atoms with Gasteiger partial charge < -0.3 is 10.9 Å². The van der Waals surface area contributed by atoms with Crippen LogP contribution in [0.1, 0.15) is 23.6 Å². The number of hydrogen-bond donors (Lipinski definition) is 2. The molecule has 8 heteroatoms. The van der Waals surface area contributed by atoms with Gasteiger partial charge >= 0.3 is 6.18 Å². The summed E-state index contributed by atoms with van der Waals surface area (Å²) in [6.45, 7) is 0. The number of rotatable bonds is 4. The van der Waals surface area contributed by atoms with Crippen LogP contribution < -0.4 is 5.73 Å². The van der Waals surface area contributed by atoms with Crippen LogP contribution in [0.2, 0.25) is 0 Å². The average molecular weight is 298 g/mol. The summed E-state index contributed by atoms with van der Waals surface area (Å²) in [4.78, 5) is 0. The lowest BCUT2D eigenvalue weighted by Gasteiger charge is -2.17. The van der Waals surface area contributed by atoms with E-state index in [9.17, 15) is 13.2 Å². The van der Waals surface area contributed by atoms with Crippen LogP contribution >= 0.6 is 0 Å². The summed E-state index contributed by atoms with van der Waals surface area (Å²) in [6, 6.07) is 8.19. The molecule has 1 atom stereocenters. The molecule has 0 fully saturated rings. The van der Waals surface area contributed by atoms with E-state index in [2.05, 4.69) is 10.3 Å². The van der Waals surface area contributed by atoms with Crippen molar-refractivity contribution >= 4 is 5.84 Å². The maximum absolute atomic E-state index is 12.7. The van der Waals surface area contributed by atoms with Crippen molar-refractivity contribution < 1.29 is 18.4 Å². The first-order chi connectivity index (χ1) is 9.91. The van der Waals surface area contributed by atoms with Gasteiger partial charge in [-0.05, 0) is 5.56 Å². The molecule has 5 nitrogen and oxygen atoms in total. The lowest BCUT2D eigenvalue weighted by atomic mass is 10.0. The van der Waals surface area contributed by atoms with Crippen LogP contribution in [0.4, 0.5) is 13.2 Å². The fraction of sp³-hybridized carbons (Fsp3) is 0.231. The van der Waals surface area contributed by atoms with Gasteiger partial charge in [-0.15, -0.1) is 0 Å². The number of oxime groups is 1. The Balaban J connectivity index is 2.38. The third-order valence-corrected chi connectivity index (χ3v) is 2.96. The number of nitrogens with zero attached hydrogens (tertiary/aromatic N) is 3. The first kappa shape index (κ1) is 14.9. The number of halogens is 3. The third kappa shape index (κ3) is 3.53. The monoisotopic (exact) mass is 298 g/mol. The molecule has 0 amide bonds. The van der Waals surface area contributed by atoms with Crippen molar-refractivity contribution in [2.75, 3.05) is 0 Å². The SMILES string of the molecule is NC(CC(c1ccccc1)n1cc(C(F)(F)F)cn1)=NO. The minimum Gasteiger partial charge on any atom is -0.409 e. The van der Waals surface area contributed by atoms with Gasteiger partial charge in [-0.25, -0.2) is 0 Å². The van der Waals surface area contributed by atoms with E-state index in [-0.39, 0.29) is 12.3 Å². The Hall–Kier alpha value is -2.51. The predicted octanol–water partition coefficient (Wildman–Crippen LogP) is 2.63. The van der Waals surface area contributed by atoms with E-state index >= 15 is 0 Å². The van der Waals surface area contributed by atoms with E-state index in [1.54, 1.807) is 30.3 Å². The van der Waals surface area contributed by atoms with Crippen molar-refractivity contribution in [3.63, 3.8) is 0 Å². The third-order valence-electron chi connectivity index (χ3n) is 2.96. The maximum atomic E-state index is 12.7. The zero-order chi connectivity index (χ0) is 15.5. The normalized spacial score (nSPS) is 14.1. The highest BCUT2D eigenvalue weighted by atomic mass is 19.4. The molecule has 2 aromatic rings. The molecule has 1 aromatic carbocycles. The van der Waals surface area contributed by atoms with Crippen LogP contribution in [0, 0.1) is 0 Å². The molecule has 0 aliphatic carbocycles. The van der Waals surface area contributed by atoms with Crippen molar-refractivity contribution in [1.29, 1.82) is 0 Å². The van der Waals surface area contributed by atoms with Crippen LogP contribution in [-0.4, -0.2) is 20.8 Å². The number of amidine groups is 1. The van der Waals surface area contributed by atoms with Crippen molar-refractivity contribution in [3.05, 3.63) is 53.9 Å². The van der Waals surface area contributed by atoms with Gasteiger partial charge in [0.1, 0.15) is 5.84 Å². The number of aromatic nitrogens is 2. The molecule has 21 heavy (non-hydrogen) atoms. The number of nitrogens with two attached hydrogens (primary N) is 1. The summed E-state index contributed by atoms with van der Waals surface area (Å²) in [5.41, 5.74) is 5.34. The Labute approximate surface area is 118 Å². The van der Waals surface area contributed by atoms with E-state index in [0.717, 1.165) is 17.1 Å². The summed E-state index contributed by atoms with van der Waals surface area (Å²) in [7, 11) is 0. The van der Waals surface area contributed by atoms with E-state index in [1.165, 1.54) is 0 Å². The van der Waals surface area contributed by atoms with Gasteiger partial charge in [0.25, 0.3) is 0 Å². The van der Waals surface area contributed by atoms with Crippen LogP contribution in [0.5, 0.6) is 0 Å². The topological polar surface area (TPSA) is 76.4 Å². The van der Waals surface area contributed by atoms with Crippen LogP contribution in [0.15, 0.2) is 47.9 Å². The molecule has 0 saturated heterocycles. The summed E-state index contributed by atoms with van der Waals surface area (Å²) < 4.78 is 39.1. The molecule has 1 unspecified atom stereocenters. The standard InChI is InChI=1S/C13H13F3N4O/c14-13(15,16)10-7-18-20(8-10)11(6-12(17)19-21)9-4-2-1-3-5-9/h1-5,7-8,11,21H,6H2,(H2,17,19). The quantitative estimate of drug-likeness (QED) is 0.394. The molecular weight excluding hydrogens is 285 g/mol. The van der Waals surface area contributed by atoms with E-state index in [1.807, 2.05) is 0 Å². The lowest BCUT2D eigenvalue weighted by molar-refractivity contribution is -0.137. The molecule has 0 bridgehead atoms. The molecule has 0 saturated carbocycles. The molecule has 2 rings (SSSR count). The molecule has 1 heterocycles. The van der Waals surface area contributed by atoms with Gasteiger partial charge in [0.15, 0.2) is 0 Å². The Morgan fingerprint density at radius 1 is 1.33 bits per heavy atom. The highest BCUT2D eigenvalue weighted by Crippen LogP contribution is 2.30. The fourth-order valence-electron chi connectivity index (χ4n) is 1.93. The second-order valence-corrected chi connectivity index (χ2v) is 4.43. The Kier molecular flexibility index (Phi) is 4.15. The minimum atomic E-state index is -4.46. The molecule has 0 spiro atoms. The van der Waals surface area contributed by atoms with E-state index in [0.29, 0.717) is 5.56 Å². The van der Waals surface area contributed by atoms with Gasteiger partial charge in [-0.1, -0.05) is 35.5 Å². The Morgan fingerprint density at radius 2 is 2.00 bits per heavy atom. The molecule has 1 aromatic heterocycles. The molecule has 112 valence electrons. The molecule has 0 radical (unpaired) electrons. The van der Waals surface area contributed by atoms with E-state index < -0.39 is 17.8 Å². The predicted molar refractivity (Wildman–Crippen MR) is 69.8 cm³/mol. The highest BCUT2D eigenvalue weighted by Gasteiger charge is 2.33. The zero-order valence-electron chi connectivity index (χ0n) is 10.8. The largest absolute Gasteiger partial charge is 0.419 e. The van der Waals surface area contributed by atoms with Gasteiger partial charge in [0, 0.05) is 12.6 Å². The molecule has 0 aliphatic heterocycles. The molecular formula is C13H13F3N4O. The maximum Gasteiger partial charge on any atom is 0.419 e. The summed E-state index contributed by atoms with van der Waals surface area (Å²) in [5.74, 6) is -0.0899. The van der Waals surface area contributed by atoms with E-state index in [4.69, 9.17) is 10.9 Å². The van der Waals surface area contributed by atoms with Crippen molar-refractivity contribution in [1.82, 2.24) is 9.78 Å². The van der Waals surface area contributed by atoms with Gasteiger partial charge in [0.05, 0.1) is 17.8 Å². The van der Waals surface area contributed by atoms with Crippen LogP contribution in [-0.2, 0) is 6.18 Å². The smallest absolute Gasteiger partial charge is 0.409 e. The zero-order valence-corrected chi connectivity index (χ0v) is 10.8. The number of benzene rings is 1. The first-order valence-corrected chi connectivity index (χ1v) is 6.04. The lowest BCUT2D eigenvalue weighted by Crippen LogP contribution is -2.21. The number of hydrogen-bond acceptors (Lipinski definition) is 3. The summed E-state index contributed by atoms with van der Waals surface area (Å²) in [5, 5.41) is 15.3. The highest BCUT2D eigenvalue weighted by molar-refractivity contribution is 5.80. The van der Waals surface area contributed by atoms with Crippen molar-refractivity contribution in [2.45, 2.75) is 18.6 Å². The van der Waals surface area contributed by atoms with Crippen LogP contribution in [0.3, 0.4) is 0 Å². The van der Waals surface area contributed by atoms with Crippen molar-refractivity contribution in [3.8, 4) is 0 Å². The minimum absolute atomic E-state index is 0.0412. The van der Waals surface area contributed by atoms with Crippen LogP contribution in [0.25, 0.3) is 0 Å². The molecule has 0 aliphatic rings. The first-order valence-electron chi connectivity index (χ1n) is 6.04. The number of alkyl halides is 3. The molecule has 3 N–H and O–H groups in total. The average Bonchev–Trinajstić information content (AvgIpc) is 2.95. The van der Waals surface area contributed by atoms with Crippen molar-refractivity contribution in [2.24, 2.45) is 10.9 Å². The van der Waals surface area contributed by atoms with Gasteiger partial charge in [-0.3, -0.25) is 4.68 Å². The second-order valence-electron chi connectivity index (χ2n) is 4.43. The van der Waals surface area contributed by atoms with Gasteiger partial charge in [0.2, 0.25) is 0 Å². The fourth-order valence-corrected chi connectivity index (χ4v) is 1.93. The Bertz CT molecular complexity index is 622. The van der Waals surface area contributed by atoms with Gasteiger partial charge in [-0.2, -0.15) is 18.3 Å². The second kappa shape index (κ2) is 5.86.